The van der Waals surface area contributed by atoms with Gasteiger partial charge in [-0.25, -0.2) is 9.59 Å². The van der Waals surface area contributed by atoms with Gasteiger partial charge in [0, 0.05) is 20.4 Å². The number of hydrogen-bond donors (Lipinski definition) is 1. The number of nitrogens with one attached hydrogen (secondary N) is 1. The van der Waals surface area contributed by atoms with Crippen LogP contribution in [0.1, 0.15) is 31.9 Å². The minimum atomic E-state index is -1.30. The van der Waals surface area contributed by atoms with Crippen molar-refractivity contribution in [3.8, 4) is 11.5 Å². The lowest BCUT2D eigenvalue weighted by molar-refractivity contribution is -0.222. The summed E-state index contributed by atoms with van der Waals surface area (Å²) in [5.41, 5.74) is 1.27. The molecule has 1 aliphatic rings. The van der Waals surface area contributed by atoms with E-state index < -0.39 is 17.7 Å². The third-order valence-electron chi connectivity index (χ3n) is 4.39. The molecule has 168 valence electrons. The van der Waals surface area contributed by atoms with Crippen LogP contribution in [0.3, 0.4) is 0 Å². The predicted molar refractivity (Wildman–Crippen MR) is 116 cm³/mol. The van der Waals surface area contributed by atoms with Gasteiger partial charge in [-0.3, -0.25) is 4.79 Å². The molecule has 1 N–H and O–H groups in total. The van der Waals surface area contributed by atoms with E-state index >= 15 is 0 Å². The Labute approximate surface area is 186 Å². The molecule has 2 aromatic carbocycles. The van der Waals surface area contributed by atoms with Gasteiger partial charge in [-0.15, -0.1) is 0 Å². The quantitative estimate of drug-likeness (QED) is 0.383. The number of ether oxygens (including phenoxy) is 4. The van der Waals surface area contributed by atoms with Gasteiger partial charge in [-0.05, 0) is 36.3 Å². The highest BCUT2D eigenvalue weighted by Crippen LogP contribution is 2.31. The van der Waals surface area contributed by atoms with Gasteiger partial charge in [-0.2, -0.15) is 0 Å². The van der Waals surface area contributed by atoms with E-state index in [9.17, 15) is 14.4 Å². The van der Waals surface area contributed by atoms with Gasteiger partial charge in [-0.1, -0.05) is 36.4 Å². The third-order valence-corrected chi connectivity index (χ3v) is 4.39. The highest BCUT2D eigenvalue weighted by molar-refractivity contribution is 6.18. The number of amides is 1. The lowest BCUT2D eigenvalue weighted by Crippen LogP contribution is -2.41. The van der Waals surface area contributed by atoms with Crippen molar-refractivity contribution in [1.29, 1.82) is 0 Å². The highest BCUT2D eigenvalue weighted by Gasteiger charge is 2.38. The van der Waals surface area contributed by atoms with E-state index in [1.54, 1.807) is 25.1 Å². The largest absolute Gasteiger partial charge is 0.490 e. The Hall–Kier alpha value is -3.81. The maximum atomic E-state index is 12.2. The lowest BCUT2D eigenvalue weighted by atomic mass is 10.1. The molecule has 32 heavy (non-hydrogen) atoms. The smallest absolute Gasteiger partial charge is 0.348 e. The van der Waals surface area contributed by atoms with Crippen LogP contribution in [0.25, 0.3) is 6.08 Å². The Balaban J connectivity index is 1.67. The molecular weight excluding hydrogens is 414 g/mol. The van der Waals surface area contributed by atoms with Gasteiger partial charge in [0.1, 0.15) is 5.57 Å². The molecule has 3 rings (SSSR count). The highest BCUT2D eigenvalue weighted by atomic mass is 16.7. The number of carbonyl (C=O) groups excluding carboxylic acids is 3. The van der Waals surface area contributed by atoms with E-state index in [0.717, 1.165) is 5.56 Å². The second-order valence-electron chi connectivity index (χ2n) is 7.43. The van der Waals surface area contributed by atoms with E-state index in [-0.39, 0.29) is 18.1 Å². The number of esters is 2. The maximum absolute atomic E-state index is 12.2. The van der Waals surface area contributed by atoms with E-state index in [1.807, 2.05) is 30.3 Å². The summed E-state index contributed by atoms with van der Waals surface area (Å²) in [5, 5.41) is 2.79. The van der Waals surface area contributed by atoms with Crippen molar-refractivity contribution in [2.75, 3.05) is 13.2 Å². The summed E-state index contributed by atoms with van der Waals surface area (Å²) >= 11 is 0. The molecule has 1 saturated heterocycles. The molecule has 0 saturated carbocycles. The lowest BCUT2D eigenvalue weighted by Gasteiger charge is -2.29. The zero-order chi connectivity index (χ0) is 23.1. The molecular formula is C24H25NO7. The summed E-state index contributed by atoms with van der Waals surface area (Å²) in [7, 11) is 0. The fourth-order valence-electron chi connectivity index (χ4n) is 2.94. The molecule has 0 bridgehead atoms. The van der Waals surface area contributed by atoms with Crippen molar-refractivity contribution >= 4 is 23.9 Å². The number of hydrogen-bond acceptors (Lipinski definition) is 7. The van der Waals surface area contributed by atoms with Crippen LogP contribution in [0, 0.1) is 0 Å². The topological polar surface area (TPSA) is 100 Å². The standard InChI is InChI=1S/C24H25NO7/c1-4-29-20-13-17(12-18-22(27)31-24(2,3)32-23(18)28)10-11-19(20)30-15-21(26)25-14-16-8-6-5-7-9-16/h5-13H,4,14-15H2,1-3H3,(H,25,26). The molecule has 8 heteroatoms. The van der Waals surface area contributed by atoms with Gasteiger partial charge in [0.2, 0.25) is 0 Å². The summed E-state index contributed by atoms with van der Waals surface area (Å²) in [5.74, 6) is -2.38. The summed E-state index contributed by atoms with van der Waals surface area (Å²) < 4.78 is 21.4. The molecule has 8 nitrogen and oxygen atoms in total. The molecule has 0 atom stereocenters. The first kappa shape index (κ1) is 22.9. The monoisotopic (exact) mass is 439 g/mol. The van der Waals surface area contributed by atoms with Crippen molar-refractivity contribution in [1.82, 2.24) is 5.32 Å². The SMILES string of the molecule is CCOc1cc(C=C2C(=O)OC(C)(C)OC2=O)ccc1OCC(=O)NCc1ccccc1. The summed E-state index contributed by atoms with van der Waals surface area (Å²) in [6.45, 7) is 5.33. The van der Waals surface area contributed by atoms with Crippen LogP contribution in [0.15, 0.2) is 54.1 Å². The zero-order valence-electron chi connectivity index (χ0n) is 18.2. The van der Waals surface area contributed by atoms with Gasteiger partial charge < -0.3 is 24.3 Å². The second-order valence-corrected chi connectivity index (χ2v) is 7.43. The first-order valence-corrected chi connectivity index (χ1v) is 10.2. The van der Waals surface area contributed by atoms with Gasteiger partial charge in [0.15, 0.2) is 18.1 Å². The number of cyclic esters (lactones) is 2. The Kier molecular flexibility index (Phi) is 7.14. The van der Waals surface area contributed by atoms with Crippen molar-refractivity contribution in [2.24, 2.45) is 0 Å². The van der Waals surface area contributed by atoms with Crippen molar-refractivity contribution < 1.29 is 33.3 Å². The average Bonchev–Trinajstić information content (AvgIpc) is 2.74. The van der Waals surface area contributed by atoms with E-state index in [0.29, 0.717) is 30.2 Å². The van der Waals surface area contributed by atoms with Crippen LogP contribution in [0.2, 0.25) is 0 Å². The maximum Gasteiger partial charge on any atom is 0.348 e. The molecule has 0 unspecified atom stereocenters. The molecule has 0 aliphatic carbocycles. The first-order valence-electron chi connectivity index (χ1n) is 10.2. The zero-order valence-corrected chi connectivity index (χ0v) is 18.2. The van der Waals surface area contributed by atoms with Crippen molar-refractivity contribution in [3.63, 3.8) is 0 Å². The molecule has 0 aromatic heterocycles. The van der Waals surface area contributed by atoms with Crippen molar-refractivity contribution in [2.45, 2.75) is 33.1 Å². The van der Waals surface area contributed by atoms with E-state index in [4.69, 9.17) is 18.9 Å². The van der Waals surface area contributed by atoms with Gasteiger partial charge in [0.25, 0.3) is 11.7 Å². The number of benzene rings is 2. The normalized spacial score (nSPS) is 14.8. The van der Waals surface area contributed by atoms with Crippen LogP contribution in [0.4, 0.5) is 0 Å². The minimum Gasteiger partial charge on any atom is -0.490 e. The fraction of sp³-hybridized carbons (Fsp3) is 0.292. The summed E-state index contributed by atoms with van der Waals surface area (Å²) in [6, 6.07) is 14.4. The average molecular weight is 439 g/mol. The Bertz CT molecular complexity index is 1010. The Morgan fingerprint density at radius 3 is 2.34 bits per heavy atom. The Morgan fingerprint density at radius 2 is 1.69 bits per heavy atom. The minimum absolute atomic E-state index is 0.193. The third kappa shape index (κ3) is 6.10. The van der Waals surface area contributed by atoms with Crippen molar-refractivity contribution in [3.05, 3.63) is 65.2 Å². The van der Waals surface area contributed by atoms with Gasteiger partial charge >= 0.3 is 11.9 Å². The Morgan fingerprint density at radius 1 is 1.00 bits per heavy atom. The molecule has 1 heterocycles. The molecule has 1 aliphatic heterocycles. The first-order chi connectivity index (χ1) is 15.3. The summed E-state index contributed by atoms with van der Waals surface area (Å²) in [4.78, 5) is 36.4. The number of carbonyl (C=O) groups is 3. The molecule has 1 fully saturated rings. The van der Waals surface area contributed by atoms with Crippen LogP contribution in [-0.4, -0.2) is 36.8 Å². The molecule has 0 radical (unpaired) electrons. The van der Waals surface area contributed by atoms with E-state index in [1.165, 1.54) is 19.9 Å². The molecule has 2 aromatic rings. The molecule has 1 amide bonds. The predicted octanol–water partition coefficient (Wildman–Crippen LogP) is 3.00. The van der Waals surface area contributed by atoms with Crippen LogP contribution in [0.5, 0.6) is 11.5 Å². The number of rotatable bonds is 8. The van der Waals surface area contributed by atoms with Crippen LogP contribution >= 0.6 is 0 Å². The molecule has 0 spiro atoms. The van der Waals surface area contributed by atoms with Gasteiger partial charge in [0.05, 0.1) is 6.61 Å². The van der Waals surface area contributed by atoms with E-state index in [2.05, 4.69) is 5.32 Å². The van der Waals surface area contributed by atoms with Crippen LogP contribution in [-0.2, 0) is 30.4 Å². The summed E-state index contributed by atoms with van der Waals surface area (Å²) in [6.07, 6.45) is 1.36. The second kappa shape index (κ2) is 10.00. The van der Waals surface area contributed by atoms with Crippen LogP contribution < -0.4 is 14.8 Å². The fourth-order valence-corrected chi connectivity index (χ4v) is 2.94.